The molecule has 6 nitrogen and oxygen atoms in total. The van der Waals surface area contributed by atoms with Gasteiger partial charge in [-0.1, -0.05) is 18.2 Å². The van der Waals surface area contributed by atoms with Crippen LogP contribution < -0.4 is 5.32 Å². The maximum Gasteiger partial charge on any atom is 0.276 e. The van der Waals surface area contributed by atoms with E-state index in [1.807, 2.05) is 44.3 Å². The van der Waals surface area contributed by atoms with Crippen molar-refractivity contribution in [2.24, 2.45) is 7.05 Å². The fourth-order valence-corrected chi connectivity index (χ4v) is 2.22. The van der Waals surface area contributed by atoms with Crippen LogP contribution in [0.15, 0.2) is 30.3 Å². The zero-order valence-electron chi connectivity index (χ0n) is 12.1. The number of amides is 1. The highest BCUT2D eigenvalue weighted by Crippen LogP contribution is 2.16. The van der Waals surface area contributed by atoms with Gasteiger partial charge in [0.15, 0.2) is 11.3 Å². The Bertz CT molecular complexity index is 823. The second-order valence-electron chi connectivity index (χ2n) is 4.86. The molecule has 0 spiro atoms. The van der Waals surface area contributed by atoms with Gasteiger partial charge in [0.2, 0.25) is 0 Å². The number of benzene rings is 1. The number of aromatic nitrogens is 4. The van der Waals surface area contributed by atoms with Gasteiger partial charge in [-0.2, -0.15) is 5.10 Å². The summed E-state index contributed by atoms with van der Waals surface area (Å²) >= 11 is 0. The third-order valence-electron chi connectivity index (χ3n) is 3.25. The first kappa shape index (κ1) is 13.2. The van der Waals surface area contributed by atoms with Crippen LogP contribution in [0.5, 0.6) is 0 Å². The standard InChI is InChI=1S/C15H15N5O/c1-9-13(15(21)17-11-7-5-4-6-8-11)18-12-10(2)19-20(3)14(12)16-9/h4-8H,1-3H3,(H,17,21). The maximum atomic E-state index is 12.4. The number of hydrogen-bond acceptors (Lipinski definition) is 4. The molecule has 0 aliphatic carbocycles. The predicted molar refractivity (Wildman–Crippen MR) is 80.2 cm³/mol. The first-order chi connectivity index (χ1) is 10.1. The summed E-state index contributed by atoms with van der Waals surface area (Å²) in [6, 6.07) is 9.28. The average molecular weight is 281 g/mol. The summed E-state index contributed by atoms with van der Waals surface area (Å²) in [5, 5.41) is 7.10. The van der Waals surface area contributed by atoms with Crippen LogP contribution in [0, 0.1) is 13.8 Å². The summed E-state index contributed by atoms with van der Waals surface area (Å²) in [6.45, 7) is 3.62. The van der Waals surface area contributed by atoms with Crippen LogP contribution in [0.4, 0.5) is 5.69 Å². The molecule has 21 heavy (non-hydrogen) atoms. The van der Waals surface area contributed by atoms with Crippen molar-refractivity contribution in [2.45, 2.75) is 13.8 Å². The second-order valence-corrected chi connectivity index (χ2v) is 4.86. The zero-order valence-corrected chi connectivity index (χ0v) is 12.1. The van der Waals surface area contributed by atoms with Gasteiger partial charge in [0.05, 0.1) is 11.4 Å². The molecule has 0 radical (unpaired) electrons. The number of para-hydroxylation sites is 1. The van der Waals surface area contributed by atoms with Crippen molar-refractivity contribution in [3.05, 3.63) is 47.4 Å². The minimum atomic E-state index is -0.267. The molecule has 1 N–H and O–H groups in total. The molecule has 0 aliphatic heterocycles. The third kappa shape index (κ3) is 2.35. The van der Waals surface area contributed by atoms with E-state index in [2.05, 4.69) is 20.4 Å². The molecule has 1 aromatic carbocycles. The molecule has 0 atom stereocenters. The summed E-state index contributed by atoms with van der Waals surface area (Å²) in [6.07, 6.45) is 0. The van der Waals surface area contributed by atoms with Gasteiger partial charge in [0, 0.05) is 12.7 Å². The van der Waals surface area contributed by atoms with Crippen LogP contribution in [-0.4, -0.2) is 25.7 Å². The molecule has 0 fully saturated rings. The highest BCUT2D eigenvalue weighted by Gasteiger charge is 2.17. The molecule has 3 rings (SSSR count). The number of aryl methyl sites for hydroxylation is 3. The molecule has 0 unspecified atom stereocenters. The first-order valence-corrected chi connectivity index (χ1v) is 6.60. The number of hydrogen-bond donors (Lipinski definition) is 1. The summed E-state index contributed by atoms with van der Waals surface area (Å²) in [5.74, 6) is -0.267. The topological polar surface area (TPSA) is 72.7 Å². The maximum absolute atomic E-state index is 12.4. The summed E-state index contributed by atoms with van der Waals surface area (Å²) in [5.41, 5.74) is 3.73. The van der Waals surface area contributed by atoms with E-state index in [0.717, 1.165) is 11.4 Å². The van der Waals surface area contributed by atoms with Gasteiger partial charge in [-0.05, 0) is 26.0 Å². The second kappa shape index (κ2) is 4.97. The minimum Gasteiger partial charge on any atom is -0.321 e. The molecule has 3 aromatic rings. The van der Waals surface area contributed by atoms with E-state index in [-0.39, 0.29) is 5.91 Å². The Balaban J connectivity index is 2.02. The zero-order chi connectivity index (χ0) is 15.0. The van der Waals surface area contributed by atoms with E-state index < -0.39 is 0 Å². The Morgan fingerprint density at radius 3 is 2.52 bits per heavy atom. The first-order valence-electron chi connectivity index (χ1n) is 6.60. The molecule has 6 heteroatoms. The fourth-order valence-electron chi connectivity index (χ4n) is 2.22. The Hall–Kier alpha value is -2.76. The Morgan fingerprint density at radius 1 is 1.10 bits per heavy atom. The lowest BCUT2D eigenvalue weighted by Gasteiger charge is -2.06. The molecule has 1 amide bonds. The SMILES string of the molecule is Cc1nc2c(nc1C(=O)Nc1ccccc1)c(C)nn2C. The van der Waals surface area contributed by atoms with E-state index in [0.29, 0.717) is 22.6 Å². The van der Waals surface area contributed by atoms with Gasteiger partial charge in [0.25, 0.3) is 5.91 Å². The van der Waals surface area contributed by atoms with Gasteiger partial charge < -0.3 is 5.32 Å². The van der Waals surface area contributed by atoms with Crippen molar-refractivity contribution in [1.29, 1.82) is 0 Å². The molecule has 0 saturated carbocycles. The van der Waals surface area contributed by atoms with E-state index in [1.165, 1.54) is 0 Å². The molecule has 106 valence electrons. The van der Waals surface area contributed by atoms with E-state index in [4.69, 9.17) is 0 Å². The van der Waals surface area contributed by atoms with Crippen molar-refractivity contribution in [3.63, 3.8) is 0 Å². The van der Waals surface area contributed by atoms with Gasteiger partial charge in [0.1, 0.15) is 5.52 Å². The van der Waals surface area contributed by atoms with Crippen LogP contribution in [0.1, 0.15) is 21.9 Å². The molecule has 0 aliphatic rings. The number of nitrogens with zero attached hydrogens (tertiary/aromatic N) is 4. The van der Waals surface area contributed by atoms with Gasteiger partial charge in [-0.25, -0.2) is 14.6 Å². The van der Waals surface area contributed by atoms with E-state index in [1.54, 1.807) is 11.6 Å². The summed E-state index contributed by atoms with van der Waals surface area (Å²) in [4.78, 5) is 21.2. The molecule has 2 heterocycles. The summed E-state index contributed by atoms with van der Waals surface area (Å²) in [7, 11) is 1.81. The number of carbonyl (C=O) groups is 1. The Morgan fingerprint density at radius 2 is 1.81 bits per heavy atom. The summed E-state index contributed by atoms with van der Waals surface area (Å²) < 4.78 is 1.67. The highest BCUT2D eigenvalue weighted by atomic mass is 16.1. The number of rotatable bonds is 2. The van der Waals surface area contributed by atoms with Gasteiger partial charge >= 0.3 is 0 Å². The van der Waals surface area contributed by atoms with Crippen molar-refractivity contribution in [2.75, 3.05) is 5.32 Å². The highest BCUT2D eigenvalue weighted by molar-refractivity contribution is 6.04. The number of fused-ring (bicyclic) bond motifs is 1. The lowest BCUT2D eigenvalue weighted by molar-refractivity contribution is 0.102. The number of anilines is 1. The van der Waals surface area contributed by atoms with E-state index in [9.17, 15) is 4.79 Å². The van der Waals surface area contributed by atoms with Gasteiger partial charge in [-0.3, -0.25) is 4.79 Å². The average Bonchev–Trinajstić information content (AvgIpc) is 2.73. The van der Waals surface area contributed by atoms with Crippen molar-refractivity contribution in [1.82, 2.24) is 19.7 Å². The lowest BCUT2D eigenvalue weighted by atomic mass is 10.2. The quantitative estimate of drug-likeness (QED) is 0.781. The largest absolute Gasteiger partial charge is 0.321 e. The third-order valence-corrected chi connectivity index (χ3v) is 3.25. The van der Waals surface area contributed by atoms with Crippen LogP contribution in [0.25, 0.3) is 11.2 Å². The van der Waals surface area contributed by atoms with Crippen molar-refractivity contribution >= 4 is 22.8 Å². The molecular weight excluding hydrogens is 266 g/mol. The van der Waals surface area contributed by atoms with Gasteiger partial charge in [-0.15, -0.1) is 0 Å². The van der Waals surface area contributed by atoms with Crippen LogP contribution in [0.2, 0.25) is 0 Å². The minimum absolute atomic E-state index is 0.267. The number of nitrogens with one attached hydrogen (secondary N) is 1. The molecule has 0 bridgehead atoms. The monoisotopic (exact) mass is 281 g/mol. The predicted octanol–water partition coefficient (Wildman–Crippen LogP) is 2.23. The molecule has 0 saturated heterocycles. The fraction of sp³-hybridized carbons (Fsp3) is 0.200. The Kier molecular flexibility index (Phi) is 3.13. The molecule has 2 aromatic heterocycles. The smallest absolute Gasteiger partial charge is 0.276 e. The normalized spacial score (nSPS) is 10.8. The van der Waals surface area contributed by atoms with Crippen LogP contribution in [0.3, 0.4) is 0 Å². The van der Waals surface area contributed by atoms with Crippen LogP contribution >= 0.6 is 0 Å². The van der Waals surface area contributed by atoms with Crippen LogP contribution in [-0.2, 0) is 7.05 Å². The number of carbonyl (C=O) groups excluding carboxylic acids is 1. The lowest BCUT2D eigenvalue weighted by Crippen LogP contribution is -2.16. The molecular formula is C15H15N5O. The van der Waals surface area contributed by atoms with Crippen molar-refractivity contribution < 1.29 is 4.79 Å². The van der Waals surface area contributed by atoms with E-state index >= 15 is 0 Å². The Labute approximate surface area is 121 Å². The van der Waals surface area contributed by atoms with Crippen molar-refractivity contribution in [3.8, 4) is 0 Å².